The number of benzene rings is 1. The Kier molecular flexibility index (Phi) is 6.49. The lowest BCUT2D eigenvalue weighted by molar-refractivity contribution is 0.0948. The van der Waals surface area contributed by atoms with Crippen molar-refractivity contribution in [1.29, 1.82) is 0 Å². The molecule has 0 saturated heterocycles. The number of fused-ring (bicyclic) bond motifs is 2. The summed E-state index contributed by atoms with van der Waals surface area (Å²) in [6, 6.07) is 15.4. The van der Waals surface area contributed by atoms with Gasteiger partial charge in [-0.2, -0.15) is 0 Å². The van der Waals surface area contributed by atoms with Crippen LogP contribution in [0.2, 0.25) is 0 Å². The average molecular weight is 457 g/mol. The van der Waals surface area contributed by atoms with Gasteiger partial charge in [0.15, 0.2) is 0 Å². The van der Waals surface area contributed by atoms with Gasteiger partial charge in [0.05, 0.1) is 34.9 Å². The number of aryl methyl sites for hydroxylation is 1. The fourth-order valence-electron chi connectivity index (χ4n) is 4.70. The van der Waals surface area contributed by atoms with Crippen LogP contribution < -0.4 is 10.9 Å². The van der Waals surface area contributed by atoms with Crippen molar-refractivity contribution in [3.05, 3.63) is 93.9 Å². The van der Waals surface area contributed by atoms with Crippen LogP contribution in [0.25, 0.3) is 11.0 Å². The van der Waals surface area contributed by atoms with Gasteiger partial charge in [-0.05, 0) is 55.5 Å². The zero-order valence-corrected chi connectivity index (χ0v) is 19.0. The van der Waals surface area contributed by atoms with E-state index in [0.717, 1.165) is 54.8 Å². The van der Waals surface area contributed by atoms with Gasteiger partial charge in [0.25, 0.3) is 5.91 Å². The fourth-order valence-corrected chi connectivity index (χ4v) is 4.70. The van der Waals surface area contributed by atoms with Crippen molar-refractivity contribution in [3.8, 4) is 0 Å². The Balaban J connectivity index is 1.29. The fraction of sp³-hybridized carbons (Fsp3) is 0.308. The van der Waals surface area contributed by atoms with Gasteiger partial charge in [-0.3, -0.25) is 19.5 Å². The highest BCUT2D eigenvalue weighted by Crippen LogP contribution is 2.33. The summed E-state index contributed by atoms with van der Waals surface area (Å²) in [5.41, 5.74) is 4.70. The predicted octanol–water partition coefficient (Wildman–Crippen LogP) is 3.35. The Morgan fingerprint density at radius 1 is 1.15 bits per heavy atom. The van der Waals surface area contributed by atoms with Gasteiger partial charge in [-0.25, -0.2) is 4.98 Å². The van der Waals surface area contributed by atoms with Crippen molar-refractivity contribution in [3.63, 3.8) is 0 Å². The molecule has 34 heavy (non-hydrogen) atoms. The number of hydrogen-bond acceptors (Lipinski definition) is 5. The summed E-state index contributed by atoms with van der Waals surface area (Å²) in [5, 5.41) is 2.95. The first-order valence-electron chi connectivity index (χ1n) is 11.8. The second-order valence-electron chi connectivity index (χ2n) is 8.68. The lowest BCUT2D eigenvalue weighted by Crippen LogP contribution is -2.35. The van der Waals surface area contributed by atoms with Gasteiger partial charge >= 0.3 is 0 Å². The Labute approximate surface area is 197 Å². The molecule has 8 heteroatoms. The van der Waals surface area contributed by atoms with Crippen LogP contribution >= 0.6 is 0 Å². The van der Waals surface area contributed by atoms with Gasteiger partial charge in [0.2, 0.25) is 5.56 Å². The number of imidazole rings is 1. The van der Waals surface area contributed by atoms with Crippen LogP contribution in [0, 0.1) is 0 Å². The Bertz CT molecular complexity index is 1290. The number of aromatic nitrogens is 4. The highest BCUT2D eigenvalue weighted by Gasteiger charge is 2.27. The molecular formula is C26H28N6O2. The normalized spacial score (nSPS) is 15.4. The average Bonchev–Trinajstić information content (AvgIpc) is 3.28. The van der Waals surface area contributed by atoms with Crippen LogP contribution in [-0.4, -0.2) is 43.8 Å². The molecule has 0 bridgehead atoms. The number of nitrogens with zero attached hydrogens (tertiary/aromatic N) is 3. The van der Waals surface area contributed by atoms with Crippen molar-refractivity contribution < 1.29 is 4.79 Å². The van der Waals surface area contributed by atoms with Crippen molar-refractivity contribution in [2.24, 2.45) is 0 Å². The van der Waals surface area contributed by atoms with Gasteiger partial charge in [-0.1, -0.05) is 18.2 Å². The van der Waals surface area contributed by atoms with E-state index in [9.17, 15) is 9.59 Å². The summed E-state index contributed by atoms with van der Waals surface area (Å²) in [6.07, 6.45) is 7.34. The minimum absolute atomic E-state index is 0.190. The van der Waals surface area contributed by atoms with Crippen LogP contribution in [0.3, 0.4) is 0 Å². The maximum absolute atomic E-state index is 12.4. The molecule has 1 aliphatic carbocycles. The van der Waals surface area contributed by atoms with E-state index in [1.807, 2.05) is 36.5 Å². The summed E-state index contributed by atoms with van der Waals surface area (Å²) in [4.78, 5) is 41.5. The lowest BCUT2D eigenvalue weighted by Gasteiger charge is -2.34. The van der Waals surface area contributed by atoms with E-state index >= 15 is 0 Å². The second kappa shape index (κ2) is 10.0. The summed E-state index contributed by atoms with van der Waals surface area (Å²) in [7, 11) is 0. The van der Waals surface area contributed by atoms with Crippen molar-refractivity contribution in [2.75, 3.05) is 13.1 Å². The van der Waals surface area contributed by atoms with Crippen LogP contribution in [0.15, 0.2) is 65.7 Å². The second-order valence-corrected chi connectivity index (χ2v) is 8.68. The summed E-state index contributed by atoms with van der Waals surface area (Å²) >= 11 is 0. The van der Waals surface area contributed by atoms with E-state index in [4.69, 9.17) is 9.97 Å². The molecule has 1 aromatic carbocycles. The molecule has 0 saturated carbocycles. The number of carbonyl (C=O) groups excluding carboxylic acids is 1. The third kappa shape index (κ3) is 4.92. The minimum Gasteiger partial charge on any atom is -0.352 e. The van der Waals surface area contributed by atoms with Crippen LogP contribution in [0.4, 0.5) is 0 Å². The lowest BCUT2D eigenvalue weighted by atomic mass is 9.90. The quantitative estimate of drug-likeness (QED) is 0.353. The molecule has 3 aromatic heterocycles. The van der Waals surface area contributed by atoms with Gasteiger partial charge in [-0.15, -0.1) is 0 Å². The van der Waals surface area contributed by atoms with E-state index in [2.05, 4.69) is 26.3 Å². The van der Waals surface area contributed by atoms with E-state index in [1.54, 1.807) is 0 Å². The molecule has 3 N–H and O–H groups in total. The molecule has 0 radical (unpaired) electrons. The maximum Gasteiger partial charge on any atom is 0.252 e. The highest BCUT2D eigenvalue weighted by atomic mass is 16.1. The molecule has 1 amide bonds. The molecule has 3 heterocycles. The number of para-hydroxylation sites is 2. The first-order chi connectivity index (χ1) is 16.7. The Morgan fingerprint density at radius 3 is 2.91 bits per heavy atom. The molecule has 5 rings (SSSR count). The van der Waals surface area contributed by atoms with Gasteiger partial charge in [0, 0.05) is 31.5 Å². The highest BCUT2D eigenvalue weighted by molar-refractivity contribution is 5.93. The Hall–Kier alpha value is -3.78. The first kappa shape index (κ1) is 22.0. The molecule has 0 aliphatic heterocycles. The monoisotopic (exact) mass is 456 g/mol. The molecule has 0 spiro atoms. The number of rotatable bonds is 8. The van der Waals surface area contributed by atoms with Crippen molar-refractivity contribution >= 4 is 16.9 Å². The summed E-state index contributed by atoms with van der Waals surface area (Å²) in [6.45, 7) is 2.02. The SMILES string of the molecule is O=C(NCCCN(Cc1nc2ccccc2[nH]1)C1CCCc2cccnc21)c1ccc(=O)[nH]c1. The number of H-pyrrole nitrogens is 2. The van der Waals surface area contributed by atoms with Crippen LogP contribution in [0.5, 0.6) is 0 Å². The zero-order chi connectivity index (χ0) is 23.3. The van der Waals surface area contributed by atoms with E-state index in [1.165, 1.54) is 23.9 Å². The first-order valence-corrected chi connectivity index (χ1v) is 11.8. The Morgan fingerprint density at radius 2 is 2.06 bits per heavy atom. The molecule has 8 nitrogen and oxygen atoms in total. The molecular weight excluding hydrogens is 428 g/mol. The number of amides is 1. The summed E-state index contributed by atoms with van der Waals surface area (Å²) < 4.78 is 0. The smallest absolute Gasteiger partial charge is 0.252 e. The topological polar surface area (TPSA) is 107 Å². The van der Waals surface area contributed by atoms with E-state index < -0.39 is 0 Å². The number of aromatic amines is 2. The minimum atomic E-state index is -0.223. The van der Waals surface area contributed by atoms with Gasteiger partial charge in [0.1, 0.15) is 5.82 Å². The standard InChI is InChI=1S/C26H28N6O2/c33-24-12-11-19(16-29-24)26(34)28-14-5-15-32(17-23-30-20-8-1-2-9-21(20)31-23)22-10-3-6-18-7-4-13-27-25(18)22/h1-2,4,7-9,11-13,16,22H,3,5-6,10,14-15,17H2,(H,28,34)(H,29,33)(H,30,31). The number of hydrogen-bond donors (Lipinski definition) is 3. The largest absolute Gasteiger partial charge is 0.352 e. The van der Waals surface area contributed by atoms with Crippen LogP contribution in [-0.2, 0) is 13.0 Å². The molecule has 1 aliphatic rings. The third-order valence-electron chi connectivity index (χ3n) is 6.35. The van der Waals surface area contributed by atoms with E-state index in [-0.39, 0.29) is 17.5 Å². The summed E-state index contributed by atoms with van der Waals surface area (Å²) in [5.74, 6) is 0.742. The number of pyridine rings is 2. The molecule has 174 valence electrons. The molecule has 0 fully saturated rings. The van der Waals surface area contributed by atoms with Crippen LogP contribution in [0.1, 0.15) is 52.7 Å². The van der Waals surface area contributed by atoms with Crippen molar-refractivity contribution in [2.45, 2.75) is 38.3 Å². The van der Waals surface area contributed by atoms with Crippen molar-refractivity contribution in [1.82, 2.24) is 30.2 Å². The third-order valence-corrected chi connectivity index (χ3v) is 6.35. The number of nitrogens with one attached hydrogen (secondary N) is 3. The predicted molar refractivity (Wildman–Crippen MR) is 130 cm³/mol. The van der Waals surface area contributed by atoms with Gasteiger partial charge < -0.3 is 15.3 Å². The molecule has 1 unspecified atom stereocenters. The molecule has 4 aromatic rings. The zero-order valence-electron chi connectivity index (χ0n) is 19.0. The molecule has 1 atom stereocenters. The maximum atomic E-state index is 12.4. The number of carbonyl (C=O) groups is 1. The van der Waals surface area contributed by atoms with E-state index in [0.29, 0.717) is 18.7 Å².